The number of H-pyrrole nitrogens is 1. The SMILES string of the molecule is Cc1[nH]c(=O)nc(SCCCF)c1C(=O)O. The molecule has 1 aromatic heterocycles. The number of carbonyl (C=O) groups is 1. The largest absolute Gasteiger partial charge is 0.478 e. The lowest BCUT2D eigenvalue weighted by Crippen LogP contribution is -2.18. The van der Waals surface area contributed by atoms with E-state index >= 15 is 0 Å². The van der Waals surface area contributed by atoms with Crippen LogP contribution in [-0.2, 0) is 0 Å². The van der Waals surface area contributed by atoms with Gasteiger partial charge in [0.1, 0.15) is 10.6 Å². The van der Waals surface area contributed by atoms with Crippen molar-refractivity contribution in [2.45, 2.75) is 18.4 Å². The second-order valence-corrected chi connectivity index (χ2v) is 4.13. The van der Waals surface area contributed by atoms with Crippen LogP contribution in [0, 0.1) is 6.92 Å². The molecule has 0 saturated heterocycles. The number of carboxylic acids is 1. The quantitative estimate of drug-likeness (QED) is 0.464. The third-order valence-electron chi connectivity index (χ3n) is 1.82. The van der Waals surface area contributed by atoms with Crippen molar-refractivity contribution in [2.75, 3.05) is 12.4 Å². The molecule has 0 amide bonds. The minimum absolute atomic E-state index is 0.0246. The number of hydrogen-bond acceptors (Lipinski definition) is 4. The van der Waals surface area contributed by atoms with Gasteiger partial charge in [-0.15, -0.1) is 11.8 Å². The third-order valence-corrected chi connectivity index (χ3v) is 2.88. The highest BCUT2D eigenvalue weighted by Crippen LogP contribution is 2.21. The fraction of sp³-hybridized carbons (Fsp3) is 0.444. The van der Waals surface area contributed by atoms with Crippen LogP contribution in [0.25, 0.3) is 0 Å². The van der Waals surface area contributed by atoms with Gasteiger partial charge in [-0.25, -0.2) is 9.59 Å². The molecule has 5 nitrogen and oxygen atoms in total. The molecule has 0 aliphatic rings. The van der Waals surface area contributed by atoms with Crippen LogP contribution in [0.2, 0.25) is 0 Å². The standard InChI is InChI=1S/C9H11FN2O3S/c1-5-6(8(13)14)7(12-9(15)11-5)16-4-2-3-10/h2-4H2,1H3,(H,13,14)(H,11,12,15). The Morgan fingerprint density at radius 3 is 2.88 bits per heavy atom. The van der Waals surface area contributed by atoms with Gasteiger partial charge in [0, 0.05) is 11.4 Å². The fourth-order valence-electron chi connectivity index (χ4n) is 1.14. The molecule has 0 saturated carbocycles. The summed E-state index contributed by atoms with van der Waals surface area (Å²) in [6, 6.07) is 0. The number of aromatic amines is 1. The molecular formula is C9H11FN2O3S. The van der Waals surface area contributed by atoms with E-state index in [2.05, 4.69) is 9.97 Å². The summed E-state index contributed by atoms with van der Waals surface area (Å²) in [6.07, 6.45) is 0.303. The number of alkyl halides is 1. The maximum Gasteiger partial charge on any atom is 0.346 e. The Labute approximate surface area is 95.1 Å². The van der Waals surface area contributed by atoms with Crippen molar-refractivity contribution < 1.29 is 14.3 Å². The number of halogens is 1. The Morgan fingerprint density at radius 2 is 2.31 bits per heavy atom. The summed E-state index contributed by atoms with van der Waals surface area (Å²) >= 11 is 1.08. The van der Waals surface area contributed by atoms with E-state index in [1.807, 2.05) is 0 Å². The molecule has 7 heteroatoms. The van der Waals surface area contributed by atoms with Crippen molar-refractivity contribution in [3.8, 4) is 0 Å². The lowest BCUT2D eigenvalue weighted by molar-refractivity contribution is 0.0690. The number of carboxylic acid groups (broad SMARTS) is 1. The molecule has 0 atom stereocenters. The minimum atomic E-state index is -1.15. The molecule has 88 valence electrons. The number of nitrogens with one attached hydrogen (secondary N) is 1. The molecule has 16 heavy (non-hydrogen) atoms. The van der Waals surface area contributed by atoms with Gasteiger partial charge in [-0.05, 0) is 13.3 Å². The van der Waals surface area contributed by atoms with E-state index in [0.717, 1.165) is 11.8 Å². The molecule has 2 N–H and O–H groups in total. The normalized spacial score (nSPS) is 10.4. The van der Waals surface area contributed by atoms with E-state index in [-0.39, 0.29) is 16.3 Å². The van der Waals surface area contributed by atoms with Crippen LogP contribution >= 0.6 is 11.8 Å². The molecule has 0 aliphatic heterocycles. The van der Waals surface area contributed by atoms with E-state index in [9.17, 15) is 14.0 Å². The minimum Gasteiger partial charge on any atom is -0.478 e. The van der Waals surface area contributed by atoms with Crippen LogP contribution in [-0.4, -0.2) is 33.5 Å². The Kier molecular flexibility index (Phi) is 4.48. The van der Waals surface area contributed by atoms with Gasteiger partial charge in [-0.2, -0.15) is 4.98 Å². The summed E-state index contributed by atoms with van der Waals surface area (Å²) in [6.45, 7) is 1.02. The zero-order valence-corrected chi connectivity index (χ0v) is 9.43. The first-order valence-corrected chi connectivity index (χ1v) is 5.57. The molecule has 1 rings (SSSR count). The van der Waals surface area contributed by atoms with Crippen molar-refractivity contribution in [1.82, 2.24) is 9.97 Å². The van der Waals surface area contributed by atoms with Crippen LogP contribution in [0.4, 0.5) is 4.39 Å². The highest BCUT2D eigenvalue weighted by atomic mass is 32.2. The highest BCUT2D eigenvalue weighted by Gasteiger charge is 2.16. The van der Waals surface area contributed by atoms with Crippen LogP contribution in [0.1, 0.15) is 22.5 Å². The van der Waals surface area contributed by atoms with Crippen molar-refractivity contribution in [1.29, 1.82) is 0 Å². The number of aromatic carboxylic acids is 1. The summed E-state index contributed by atoms with van der Waals surface area (Å²) in [5, 5.41) is 9.09. The van der Waals surface area contributed by atoms with Gasteiger partial charge in [0.15, 0.2) is 0 Å². The maximum atomic E-state index is 11.9. The maximum absolute atomic E-state index is 11.9. The first-order valence-electron chi connectivity index (χ1n) is 4.59. The van der Waals surface area contributed by atoms with Gasteiger partial charge in [-0.3, -0.25) is 4.39 Å². The number of hydrogen-bond donors (Lipinski definition) is 2. The molecule has 0 unspecified atom stereocenters. The number of aromatic nitrogens is 2. The van der Waals surface area contributed by atoms with Crippen LogP contribution in [0.15, 0.2) is 9.82 Å². The molecule has 0 aromatic carbocycles. The average molecular weight is 246 g/mol. The molecule has 0 aliphatic carbocycles. The topological polar surface area (TPSA) is 83.0 Å². The average Bonchev–Trinajstić information content (AvgIpc) is 2.16. The van der Waals surface area contributed by atoms with E-state index < -0.39 is 18.3 Å². The van der Waals surface area contributed by atoms with Crippen molar-refractivity contribution in [3.05, 3.63) is 21.7 Å². The summed E-state index contributed by atoms with van der Waals surface area (Å²) in [5.41, 5.74) is -0.357. The molecule has 0 bridgehead atoms. The Bertz CT molecular complexity index is 447. The number of nitrogens with zero attached hydrogens (tertiary/aromatic N) is 1. The van der Waals surface area contributed by atoms with Crippen molar-refractivity contribution in [2.24, 2.45) is 0 Å². The Morgan fingerprint density at radius 1 is 1.62 bits per heavy atom. The summed E-state index contributed by atoms with van der Waals surface area (Å²) in [7, 11) is 0. The highest BCUT2D eigenvalue weighted by molar-refractivity contribution is 7.99. The first-order chi connectivity index (χ1) is 7.56. The second-order valence-electron chi connectivity index (χ2n) is 3.04. The van der Waals surface area contributed by atoms with Gasteiger partial charge in [0.25, 0.3) is 0 Å². The number of rotatable bonds is 5. The van der Waals surface area contributed by atoms with Crippen LogP contribution in [0.5, 0.6) is 0 Å². The Balaban J connectivity index is 3.04. The zero-order chi connectivity index (χ0) is 12.1. The molecule has 1 aromatic rings. The third kappa shape index (κ3) is 3.06. The van der Waals surface area contributed by atoms with Gasteiger partial charge in [0.05, 0.1) is 6.67 Å². The van der Waals surface area contributed by atoms with Gasteiger partial charge >= 0.3 is 11.7 Å². The van der Waals surface area contributed by atoms with E-state index in [1.165, 1.54) is 6.92 Å². The lowest BCUT2D eigenvalue weighted by atomic mass is 10.2. The number of aryl methyl sites for hydroxylation is 1. The second kappa shape index (κ2) is 5.64. The van der Waals surface area contributed by atoms with Gasteiger partial charge in [0.2, 0.25) is 0 Å². The predicted octanol–water partition coefficient (Wildman–Crippen LogP) is 1.23. The van der Waals surface area contributed by atoms with Crippen LogP contribution in [0.3, 0.4) is 0 Å². The summed E-state index contributed by atoms with van der Waals surface area (Å²) in [4.78, 5) is 27.9. The van der Waals surface area contributed by atoms with Crippen LogP contribution < -0.4 is 5.69 Å². The molecule has 0 spiro atoms. The smallest absolute Gasteiger partial charge is 0.346 e. The molecular weight excluding hydrogens is 235 g/mol. The fourth-order valence-corrected chi connectivity index (χ4v) is 2.12. The number of thioether (sulfide) groups is 1. The molecule has 1 heterocycles. The zero-order valence-electron chi connectivity index (χ0n) is 8.62. The van der Waals surface area contributed by atoms with E-state index in [4.69, 9.17) is 5.11 Å². The Hall–Kier alpha value is -1.37. The van der Waals surface area contributed by atoms with E-state index in [0.29, 0.717) is 12.2 Å². The molecule has 0 radical (unpaired) electrons. The summed E-state index contributed by atoms with van der Waals surface area (Å²) in [5.74, 6) is -0.754. The van der Waals surface area contributed by atoms with E-state index in [1.54, 1.807) is 0 Å². The first kappa shape index (κ1) is 12.7. The molecule has 0 fully saturated rings. The van der Waals surface area contributed by atoms with Gasteiger partial charge < -0.3 is 10.1 Å². The van der Waals surface area contributed by atoms with Crippen molar-refractivity contribution >= 4 is 17.7 Å². The summed E-state index contributed by atoms with van der Waals surface area (Å²) < 4.78 is 11.9. The van der Waals surface area contributed by atoms with Crippen molar-refractivity contribution in [3.63, 3.8) is 0 Å². The predicted molar refractivity (Wildman–Crippen MR) is 57.9 cm³/mol. The van der Waals surface area contributed by atoms with Gasteiger partial charge in [-0.1, -0.05) is 0 Å². The monoisotopic (exact) mass is 246 g/mol. The lowest BCUT2D eigenvalue weighted by Gasteiger charge is -2.05.